The smallest absolute Gasteiger partial charge is 0.204 e. The van der Waals surface area contributed by atoms with Gasteiger partial charge in [0.05, 0.1) is 0 Å². The molecular weight excluding hydrogens is 312 g/mol. The fourth-order valence-corrected chi connectivity index (χ4v) is 4.02. The van der Waals surface area contributed by atoms with Crippen LogP contribution in [-0.2, 0) is 29.6 Å². The fourth-order valence-electron chi connectivity index (χ4n) is 2.99. The summed E-state index contributed by atoms with van der Waals surface area (Å²) in [6, 6.07) is 17.0. The van der Waals surface area contributed by atoms with Gasteiger partial charge in [-0.1, -0.05) is 54.6 Å². The normalized spacial score (nSPS) is 14.5. The lowest BCUT2D eigenvalue weighted by molar-refractivity contribution is 0.320. The van der Waals surface area contributed by atoms with Gasteiger partial charge in [-0.05, 0) is 35.1 Å². The van der Waals surface area contributed by atoms with Gasteiger partial charge in [-0.3, -0.25) is 0 Å². The third-order valence-corrected chi connectivity index (χ3v) is 5.35. The molecule has 7 heteroatoms. The third kappa shape index (κ3) is 3.37. The van der Waals surface area contributed by atoms with Crippen LogP contribution in [0.1, 0.15) is 16.7 Å². The highest BCUT2D eigenvalue weighted by Gasteiger charge is 2.33. The lowest BCUT2D eigenvalue weighted by Crippen LogP contribution is -2.39. The average Bonchev–Trinajstić information content (AvgIpc) is 2.97. The highest BCUT2D eigenvalue weighted by atomic mass is 32.2. The highest BCUT2D eigenvalue weighted by Crippen LogP contribution is 2.28. The Morgan fingerprint density at radius 2 is 1.61 bits per heavy atom. The molecule has 0 saturated carbocycles. The van der Waals surface area contributed by atoms with E-state index in [1.54, 1.807) is 0 Å². The summed E-state index contributed by atoms with van der Waals surface area (Å²) < 4.78 is 29.1. The van der Waals surface area contributed by atoms with Crippen LogP contribution < -0.4 is 0 Å². The number of hydrogen-bond donors (Lipinski definition) is 0. The Hall–Kier alpha value is -2.34. The third-order valence-electron chi connectivity index (χ3n) is 4.05. The van der Waals surface area contributed by atoms with Gasteiger partial charge in [-0.25, -0.2) is 8.42 Å². The first kappa shape index (κ1) is 15.6. The van der Waals surface area contributed by atoms with Crippen LogP contribution in [0.25, 0.3) is 10.4 Å². The average molecular weight is 328 g/mol. The van der Waals surface area contributed by atoms with Crippen molar-refractivity contribution in [2.75, 3.05) is 0 Å². The standard InChI is InChI=1S/C16H16N4O2S/c17-18-19-23(21,22)20(12-13-6-2-1-3-7-13)16-10-14-8-4-5-9-15(14)11-16/h1-9,16H,10-12H2. The highest BCUT2D eigenvalue weighted by molar-refractivity contribution is 7.87. The maximum absolute atomic E-state index is 12.4. The van der Waals surface area contributed by atoms with Crippen molar-refractivity contribution >= 4 is 10.2 Å². The zero-order valence-electron chi connectivity index (χ0n) is 12.4. The maximum atomic E-state index is 12.4. The van der Waals surface area contributed by atoms with Crippen molar-refractivity contribution in [3.05, 3.63) is 81.7 Å². The molecule has 0 spiro atoms. The number of fused-ring (bicyclic) bond motifs is 1. The first-order valence-corrected chi connectivity index (χ1v) is 8.69. The second kappa shape index (κ2) is 6.42. The molecule has 23 heavy (non-hydrogen) atoms. The van der Waals surface area contributed by atoms with Crippen molar-refractivity contribution in [3.8, 4) is 0 Å². The van der Waals surface area contributed by atoms with Crippen molar-refractivity contribution in [2.45, 2.75) is 25.4 Å². The molecule has 0 aromatic heterocycles. The van der Waals surface area contributed by atoms with Gasteiger partial charge in [0.15, 0.2) is 0 Å². The molecule has 0 aliphatic heterocycles. The van der Waals surface area contributed by atoms with Gasteiger partial charge in [0.1, 0.15) is 0 Å². The maximum Gasteiger partial charge on any atom is 0.303 e. The van der Waals surface area contributed by atoms with Crippen LogP contribution >= 0.6 is 0 Å². The van der Waals surface area contributed by atoms with Crippen molar-refractivity contribution in [1.29, 1.82) is 0 Å². The van der Waals surface area contributed by atoms with Crippen LogP contribution in [0, 0.1) is 0 Å². The van der Waals surface area contributed by atoms with Crippen molar-refractivity contribution in [3.63, 3.8) is 0 Å². The van der Waals surface area contributed by atoms with Gasteiger partial charge in [-0.15, -0.1) is 0 Å². The predicted molar refractivity (Wildman–Crippen MR) is 87.7 cm³/mol. The van der Waals surface area contributed by atoms with Gasteiger partial charge < -0.3 is 0 Å². The van der Waals surface area contributed by atoms with Gasteiger partial charge in [0, 0.05) is 22.0 Å². The molecular formula is C16H16N4O2S. The molecule has 6 nitrogen and oxygen atoms in total. The molecule has 0 amide bonds. The predicted octanol–water partition coefficient (Wildman–Crippen LogP) is 3.21. The zero-order valence-corrected chi connectivity index (χ0v) is 13.2. The minimum atomic E-state index is -4.03. The Morgan fingerprint density at radius 1 is 1.04 bits per heavy atom. The van der Waals surface area contributed by atoms with E-state index in [1.165, 1.54) is 4.31 Å². The number of azide groups is 1. The molecule has 0 bridgehead atoms. The topological polar surface area (TPSA) is 86.1 Å². The summed E-state index contributed by atoms with van der Waals surface area (Å²) in [6.45, 7) is 0.195. The largest absolute Gasteiger partial charge is 0.303 e. The Labute approximate surface area is 135 Å². The molecule has 2 aromatic rings. The molecule has 0 unspecified atom stereocenters. The molecule has 0 fully saturated rings. The molecule has 0 radical (unpaired) electrons. The van der Waals surface area contributed by atoms with Crippen molar-refractivity contribution in [1.82, 2.24) is 4.31 Å². The van der Waals surface area contributed by atoms with Crippen LogP contribution in [0.2, 0.25) is 0 Å². The van der Waals surface area contributed by atoms with Crippen LogP contribution in [0.5, 0.6) is 0 Å². The minimum Gasteiger partial charge on any atom is -0.204 e. The van der Waals surface area contributed by atoms with E-state index in [-0.39, 0.29) is 12.6 Å². The van der Waals surface area contributed by atoms with Gasteiger partial charge in [0.2, 0.25) is 0 Å². The van der Waals surface area contributed by atoms with E-state index in [2.05, 4.69) is 9.43 Å². The number of hydrogen-bond acceptors (Lipinski definition) is 2. The van der Waals surface area contributed by atoms with Crippen LogP contribution in [0.15, 0.2) is 59.1 Å². The number of benzene rings is 2. The molecule has 118 valence electrons. The molecule has 0 N–H and O–H groups in total. The van der Waals surface area contributed by atoms with Crippen molar-refractivity contribution < 1.29 is 8.42 Å². The first-order chi connectivity index (χ1) is 11.1. The van der Waals surface area contributed by atoms with Crippen molar-refractivity contribution in [2.24, 2.45) is 4.52 Å². The van der Waals surface area contributed by atoms with E-state index in [4.69, 9.17) is 5.53 Å². The van der Waals surface area contributed by atoms with Crippen LogP contribution in [-0.4, -0.2) is 18.8 Å². The summed E-state index contributed by atoms with van der Waals surface area (Å²) in [7, 11) is -4.03. The van der Waals surface area contributed by atoms with Gasteiger partial charge in [-0.2, -0.15) is 4.31 Å². The minimum absolute atomic E-state index is 0.195. The summed E-state index contributed by atoms with van der Waals surface area (Å²) in [5.41, 5.74) is 11.7. The van der Waals surface area contributed by atoms with Gasteiger partial charge in [0.25, 0.3) is 0 Å². The summed E-state index contributed by atoms with van der Waals surface area (Å²) in [5.74, 6) is 0. The molecule has 0 saturated heterocycles. The van der Waals surface area contributed by atoms with Gasteiger partial charge >= 0.3 is 10.2 Å². The Kier molecular flexibility index (Phi) is 4.34. The molecule has 3 rings (SSSR count). The molecule has 0 heterocycles. The van der Waals surface area contributed by atoms with E-state index in [1.807, 2.05) is 54.6 Å². The SMILES string of the molecule is [N-]=[N+]=NS(=O)(=O)N(Cc1ccccc1)C1Cc2ccccc2C1. The van der Waals surface area contributed by atoms with E-state index in [0.717, 1.165) is 16.7 Å². The second-order valence-corrected chi connectivity index (χ2v) is 7.04. The quantitative estimate of drug-likeness (QED) is 0.479. The lowest BCUT2D eigenvalue weighted by Gasteiger charge is -2.25. The molecule has 0 atom stereocenters. The summed E-state index contributed by atoms with van der Waals surface area (Å²) in [5, 5.41) is 0. The Balaban J connectivity index is 1.92. The summed E-state index contributed by atoms with van der Waals surface area (Å²) >= 11 is 0. The van der Waals surface area contributed by atoms with E-state index >= 15 is 0 Å². The lowest BCUT2D eigenvalue weighted by atomic mass is 10.1. The number of rotatable bonds is 5. The Bertz CT molecular complexity index is 820. The summed E-state index contributed by atoms with van der Waals surface area (Å²) in [6.07, 6.45) is 1.26. The molecule has 1 aliphatic carbocycles. The van der Waals surface area contributed by atoms with E-state index in [0.29, 0.717) is 12.8 Å². The molecule has 2 aromatic carbocycles. The first-order valence-electron chi connectivity index (χ1n) is 7.29. The second-order valence-electron chi connectivity index (χ2n) is 5.51. The van der Waals surface area contributed by atoms with E-state index < -0.39 is 10.2 Å². The summed E-state index contributed by atoms with van der Waals surface area (Å²) in [4.78, 5) is 2.49. The van der Waals surface area contributed by atoms with Crippen LogP contribution in [0.3, 0.4) is 0 Å². The molecule has 1 aliphatic rings. The van der Waals surface area contributed by atoms with Crippen LogP contribution in [0.4, 0.5) is 0 Å². The fraction of sp³-hybridized carbons (Fsp3) is 0.250. The Morgan fingerprint density at radius 3 is 2.17 bits per heavy atom. The zero-order chi connectivity index (χ0) is 16.3. The monoisotopic (exact) mass is 328 g/mol. The van der Waals surface area contributed by atoms with E-state index in [9.17, 15) is 8.42 Å². The number of nitrogens with zero attached hydrogens (tertiary/aromatic N) is 4.